The van der Waals surface area contributed by atoms with Crippen molar-refractivity contribution in [1.82, 2.24) is 19.9 Å². The van der Waals surface area contributed by atoms with Gasteiger partial charge in [-0.3, -0.25) is 0 Å². The van der Waals surface area contributed by atoms with Crippen LogP contribution >= 0.6 is 0 Å². The first kappa shape index (κ1) is 31.4. The number of fused-ring (bicyclic) bond motifs is 5. The van der Waals surface area contributed by atoms with E-state index in [0.717, 1.165) is 61.1 Å². The highest BCUT2D eigenvalue weighted by Gasteiger charge is 2.15. The smallest absolute Gasteiger partial charge is 0.164 e. The van der Waals surface area contributed by atoms with Gasteiger partial charge in [-0.2, -0.15) is 0 Å². The molecular weight excluding hydrogens is 657 g/mol. The Morgan fingerprint density at radius 2 is 0.722 bits per heavy atom. The van der Waals surface area contributed by atoms with E-state index in [4.69, 9.17) is 19.9 Å². The van der Waals surface area contributed by atoms with Gasteiger partial charge < -0.3 is 0 Å². The van der Waals surface area contributed by atoms with Crippen molar-refractivity contribution in [3.05, 3.63) is 194 Å². The average molecular weight is 689 g/mol. The van der Waals surface area contributed by atoms with Crippen LogP contribution in [0.3, 0.4) is 0 Å². The van der Waals surface area contributed by atoms with Crippen LogP contribution in [-0.4, -0.2) is 19.9 Å². The van der Waals surface area contributed by atoms with Crippen LogP contribution in [0.25, 0.3) is 100 Å². The Kier molecular flexibility index (Phi) is 7.77. The number of para-hydroxylation sites is 1. The second-order valence-corrected chi connectivity index (χ2v) is 13.5. The Morgan fingerprint density at radius 1 is 0.259 bits per heavy atom. The van der Waals surface area contributed by atoms with Crippen LogP contribution < -0.4 is 0 Å². The fourth-order valence-electron chi connectivity index (χ4n) is 7.39. The first-order valence-corrected chi connectivity index (χ1v) is 18.1. The molecule has 0 unspecified atom stereocenters. The van der Waals surface area contributed by atoms with Gasteiger partial charge >= 0.3 is 0 Å². The molecule has 2 heterocycles. The van der Waals surface area contributed by atoms with Crippen LogP contribution in [0.1, 0.15) is 0 Å². The second kappa shape index (κ2) is 13.4. The number of hydrogen-bond donors (Lipinski definition) is 0. The molecule has 0 fully saturated rings. The molecule has 54 heavy (non-hydrogen) atoms. The summed E-state index contributed by atoms with van der Waals surface area (Å²) in [4.78, 5) is 19.8. The van der Waals surface area contributed by atoms with Crippen LogP contribution in [0.15, 0.2) is 194 Å². The zero-order valence-corrected chi connectivity index (χ0v) is 29.3. The summed E-state index contributed by atoms with van der Waals surface area (Å²) in [5.41, 5.74) is 10.5. The highest BCUT2D eigenvalue weighted by atomic mass is 15.0. The van der Waals surface area contributed by atoms with E-state index in [9.17, 15) is 0 Å². The number of aromatic nitrogens is 4. The molecule has 0 atom stereocenters. The van der Waals surface area contributed by atoms with E-state index in [1.54, 1.807) is 0 Å². The van der Waals surface area contributed by atoms with Crippen molar-refractivity contribution in [3.8, 4) is 67.7 Å². The lowest BCUT2D eigenvalue weighted by Gasteiger charge is -2.13. The third-order valence-corrected chi connectivity index (χ3v) is 10.1. The van der Waals surface area contributed by atoms with Gasteiger partial charge in [-0.15, -0.1) is 0 Å². The van der Waals surface area contributed by atoms with Gasteiger partial charge in [0.15, 0.2) is 17.5 Å². The third kappa shape index (κ3) is 5.76. The quantitative estimate of drug-likeness (QED) is 0.163. The van der Waals surface area contributed by atoms with Crippen molar-refractivity contribution in [2.45, 2.75) is 0 Å². The minimum Gasteiger partial charge on any atom is -0.247 e. The van der Waals surface area contributed by atoms with Gasteiger partial charge in [-0.25, -0.2) is 19.9 Å². The van der Waals surface area contributed by atoms with Gasteiger partial charge in [0.2, 0.25) is 0 Å². The molecule has 4 nitrogen and oxygen atoms in total. The monoisotopic (exact) mass is 688 g/mol. The van der Waals surface area contributed by atoms with Gasteiger partial charge in [-0.05, 0) is 45.2 Å². The van der Waals surface area contributed by atoms with Gasteiger partial charge in [-0.1, -0.05) is 182 Å². The lowest BCUT2D eigenvalue weighted by Crippen LogP contribution is -2.00. The lowest BCUT2D eigenvalue weighted by molar-refractivity contribution is 1.07. The molecule has 0 aliphatic rings. The molecular formula is C50H32N4. The number of rotatable bonds is 6. The molecule has 0 saturated carbocycles. The minimum absolute atomic E-state index is 0.643. The highest BCUT2D eigenvalue weighted by Crippen LogP contribution is 2.38. The van der Waals surface area contributed by atoms with Crippen LogP contribution in [0.5, 0.6) is 0 Å². The molecule has 10 aromatic rings. The highest BCUT2D eigenvalue weighted by molar-refractivity contribution is 6.22. The van der Waals surface area contributed by atoms with E-state index in [1.807, 2.05) is 60.7 Å². The van der Waals surface area contributed by atoms with Crippen LogP contribution in [0.4, 0.5) is 0 Å². The van der Waals surface area contributed by atoms with Gasteiger partial charge in [0.05, 0.1) is 11.2 Å². The molecule has 8 aromatic carbocycles. The zero-order chi connectivity index (χ0) is 35.8. The number of hydrogen-bond acceptors (Lipinski definition) is 4. The lowest BCUT2D eigenvalue weighted by atomic mass is 9.94. The van der Waals surface area contributed by atoms with Gasteiger partial charge in [0, 0.05) is 38.4 Å². The largest absolute Gasteiger partial charge is 0.247 e. The number of pyridine rings is 1. The van der Waals surface area contributed by atoms with E-state index >= 15 is 0 Å². The maximum Gasteiger partial charge on any atom is 0.164 e. The van der Waals surface area contributed by atoms with E-state index in [0.29, 0.717) is 17.5 Å². The number of nitrogens with zero attached hydrogens (tertiary/aromatic N) is 4. The molecule has 0 radical (unpaired) electrons. The molecule has 0 amide bonds. The summed E-state index contributed by atoms with van der Waals surface area (Å²) < 4.78 is 0. The van der Waals surface area contributed by atoms with Gasteiger partial charge in [0.1, 0.15) is 0 Å². The van der Waals surface area contributed by atoms with Crippen LogP contribution in [0.2, 0.25) is 0 Å². The van der Waals surface area contributed by atoms with Crippen molar-refractivity contribution in [3.63, 3.8) is 0 Å². The molecule has 0 saturated heterocycles. The summed E-state index contributed by atoms with van der Waals surface area (Å²) in [6.45, 7) is 0. The van der Waals surface area contributed by atoms with E-state index in [-0.39, 0.29) is 0 Å². The van der Waals surface area contributed by atoms with Crippen LogP contribution in [0, 0.1) is 0 Å². The maximum absolute atomic E-state index is 5.19. The van der Waals surface area contributed by atoms with Gasteiger partial charge in [0.25, 0.3) is 0 Å². The van der Waals surface area contributed by atoms with E-state index in [1.165, 1.54) is 21.5 Å². The fourth-order valence-corrected chi connectivity index (χ4v) is 7.39. The Morgan fingerprint density at radius 3 is 1.33 bits per heavy atom. The van der Waals surface area contributed by atoms with E-state index < -0.39 is 0 Å². The Labute approximate surface area is 313 Å². The van der Waals surface area contributed by atoms with Crippen molar-refractivity contribution in [1.29, 1.82) is 0 Å². The average Bonchev–Trinajstić information content (AvgIpc) is 3.26. The summed E-state index contributed by atoms with van der Waals surface area (Å²) in [7, 11) is 0. The number of benzene rings is 8. The first-order valence-electron chi connectivity index (χ1n) is 18.1. The molecule has 0 aliphatic heterocycles. The zero-order valence-electron chi connectivity index (χ0n) is 29.3. The molecule has 252 valence electrons. The van der Waals surface area contributed by atoms with E-state index in [2.05, 4.69) is 133 Å². The normalized spacial score (nSPS) is 11.3. The van der Waals surface area contributed by atoms with Crippen molar-refractivity contribution >= 4 is 32.4 Å². The Balaban J connectivity index is 0.974. The molecule has 4 heteroatoms. The molecule has 10 rings (SSSR count). The summed E-state index contributed by atoms with van der Waals surface area (Å²) in [5, 5.41) is 6.07. The Bertz CT molecular complexity index is 2880. The SMILES string of the molecule is c1ccc(-c2nc(-c3ccccc3)nc(-c3ccc(-c4cccc(-c5ccc(-c6nc7ccccc7c7c6ccc6ccccc67)cc5)c4)cc3)n2)cc1. The molecule has 0 N–H and O–H groups in total. The summed E-state index contributed by atoms with van der Waals surface area (Å²) >= 11 is 0. The van der Waals surface area contributed by atoms with Crippen LogP contribution in [-0.2, 0) is 0 Å². The van der Waals surface area contributed by atoms with Crippen molar-refractivity contribution in [2.24, 2.45) is 0 Å². The molecule has 0 aliphatic carbocycles. The summed E-state index contributed by atoms with van der Waals surface area (Å²) in [5.74, 6) is 1.95. The first-order chi connectivity index (χ1) is 26.7. The third-order valence-electron chi connectivity index (χ3n) is 10.1. The van der Waals surface area contributed by atoms with Crippen molar-refractivity contribution in [2.75, 3.05) is 0 Å². The minimum atomic E-state index is 0.643. The van der Waals surface area contributed by atoms with Crippen molar-refractivity contribution < 1.29 is 0 Å². The maximum atomic E-state index is 5.19. The Hall–Kier alpha value is -7.30. The predicted molar refractivity (Wildman–Crippen MR) is 223 cm³/mol. The standard InChI is InChI=1S/C50H32N4/c1-3-13-37(14-4-1)48-52-49(38-15-5-2-6-16-38)54-50(53-48)39-28-24-34(25-29-39)41-18-11-17-40(32-41)33-22-26-36(27-23-33)47-44-31-30-35-12-7-8-19-42(35)46(44)43-20-9-10-21-45(43)51-47/h1-32H. The summed E-state index contributed by atoms with van der Waals surface area (Å²) in [6.07, 6.45) is 0. The fraction of sp³-hybridized carbons (Fsp3) is 0. The molecule has 0 spiro atoms. The second-order valence-electron chi connectivity index (χ2n) is 13.5. The summed E-state index contributed by atoms with van der Waals surface area (Å²) in [6, 6.07) is 67.6. The molecule has 0 bridgehead atoms. The topological polar surface area (TPSA) is 51.6 Å². The molecule has 2 aromatic heterocycles. The predicted octanol–water partition coefficient (Wildman–Crippen LogP) is 12.7.